The van der Waals surface area contributed by atoms with Crippen molar-refractivity contribution in [2.75, 3.05) is 6.54 Å². The van der Waals surface area contributed by atoms with Crippen molar-refractivity contribution in [3.05, 3.63) is 52.5 Å². The van der Waals surface area contributed by atoms with E-state index in [0.717, 1.165) is 28.8 Å². The maximum absolute atomic E-state index is 5.89. The lowest BCUT2D eigenvalue weighted by Gasteiger charge is -2.18. The van der Waals surface area contributed by atoms with Crippen LogP contribution in [0.5, 0.6) is 5.75 Å². The second-order valence-corrected chi connectivity index (χ2v) is 5.73. The Morgan fingerprint density at radius 1 is 1.29 bits per heavy atom. The lowest BCUT2D eigenvalue weighted by molar-refractivity contribution is 0.289. The van der Waals surface area contributed by atoms with Gasteiger partial charge in [0.05, 0.1) is 0 Å². The van der Waals surface area contributed by atoms with E-state index in [1.54, 1.807) is 18.5 Å². The van der Waals surface area contributed by atoms with Crippen LogP contribution in [-0.2, 0) is 6.61 Å². The predicted molar refractivity (Wildman–Crippen MR) is 87.2 cm³/mol. The van der Waals surface area contributed by atoms with Gasteiger partial charge in [0.25, 0.3) is 0 Å². The van der Waals surface area contributed by atoms with Crippen molar-refractivity contribution in [2.24, 2.45) is 0 Å². The second kappa shape index (κ2) is 8.10. The highest BCUT2D eigenvalue weighted by atomic mass is 79.9. The summed E-state index contributed by atoms with van der Waals surface area (Å²) < 4.78 is 6.94. The fourth-order valence-electron chi connectivity index (χ4n) is 2.01. The van der Waals surface area contributed by atoms with Gasteiger partial charge >= 0.3 is 0 Å². The molecule has 5 heteroatoms. The number of rotatable bonds is 7. The maximum atomic E-state index is 5.89. The van der Waals surface area contributed by atoms with Crippen LogP contribution in [0, 0.1) is 0 Å². The van der Waals surface area contributed by atoms with Crippen molar-refractivity contribution in [2.45, 2.75) is 32.9 Å². The molecule has 0 aliphatic heterocycles. The smallest absolute Gasteiger partial charge is 0.166 e. The summed E-state index contributed by atoms with van der Waals surface area (Å²) in [6.07, 6.45) is 4.55. The van der Waals surface area contributed by atoms with Gasteiger partial charge < -0.3 is 10.1 Å². The summed E-state index contributed by atoms with van der Waals surface area (Å²) >= 11 is 3.52. The molecule has 0 amide bonds. The van der Waals surface area contributed by atoms with Crippen molar-refractivity contribution in [1.29, 1.82) is 0 Å². The maximum Gasteiger partial charge on any atom is 0.166 e. The molecule has 1 N–H and O–H groups in total. The Hall–Kier alpha value is -1.46. The van der Waals surface area contributed by atoms with Gasteiger partial charge in [0.15, 0.2) is 5.82 Å². The molecule has 2 rings (SSSR count). The summed E-state index contributed by atoms with van der Waals surface area (Å²) in [4.78, 5) is 8.35. The van der Waals surface area contributed by atoms with Crippen molar-refractivity contribution in [3.63, 3.8) is 0 Å². The number of benzene rings is 1. The minimum absolute atomic E-state index is 0.231. The number of hydrogen-bond donors (Lipinski definition) is 1. The molecule has 0 saturated carbocycles. The van der Waals surface area contributed by atoms with Gasteiger partial charge in [-0.2, -0.15) is 0 Å². The number of halogens is 1. The lowest BCUT2D eigenvalue weighted by Crippen LogP contribution is -2.20. The van der Waals surface area contributed by atoms with E-state index < -0.39 is 0 Å². The first kappa shape index (κ1) is 15.9. The predicted octanol–water partition coefficient (Wildman–Crippen LogP) is 3.88. The average molecular weight is 350 g/mol. The molecule has 2 aromatic rings. The summed E-state index contributed by atoms with van der Waals surface area (Å²) in [5.74, 6) is 1.54. The Balaban J connectivity index is 2.11. The van der Waals surface area contributed by atoms with Crippen LogP contribution < -0.4 is 10.1 Å². The summed E-state index contributed by atoms with van der Waals surface area (Å²) in [5.41, 5.74) is 1.13. The van der Waals surface area contributed by atoms with E-state index in [2.05, 4.69) is 51.1 Å². The molecule has 0 radical (unpaired) electrons. The molecule has 112 valence electrons. The van der Waals surface area contributed by atoms with E-state index in [4.69, 9.17) is 4.74 Å². The normalized spacial score (nSPS) is 12.1. The molecule has 1 aromatic carbocycles. The largest absolute Gasteiger partial charge is 0.485 e. The molecule has 0 aliphatic carbocycles. The molecular weight excluding hydrogens is 330 g/mol. The quantitative estimate of drug-likeness (QED) is 0.823. The van der Waals surface area contributed by atoms with Gasteiger partial charge in [-0.1, -0.05) is 22.9 Å². The third-order valence-corrected chi connectivity index (χ3v) is 3.61. The molecule has 1 atom stereocenters. The van der Waals surface area contributed by atoms with Crippen LogP contribution in [-0.4, -0.2) is 16.5 Å². The Bertz CT molecular complexity index is 563. The first-order valence-corrected chi connectivity index (χ1v) is 7.91. The number of aromatic nitrogens is 2. The van der Waals surface area contributed by atoms with E-state index in [-0.39, 0.29) is 6.04 Å². The minimum Gasteiger partial charge on any atom is -0.485 e. The van der Waals surface area contributed by atoms with Gasteiger partial charge in [-0.15, -0.1) is 0 Å². The second-order valence-electron chi connectivity index (χ2n) is 4.81. The molecule has 21 heavy (non-hydrogen) atoms. The summed E-state index contributed by atoms with van der Waals surface area (Å²) in [5, 5.41) is 3.48. The number of nitrogens with zero attached hydrogens (tertiary/aromatic N) is 2. The fraction of sp³-hybridized carbons (Fsp3) is 0.375. The van der Waals surface area contributed by atoms with Crippen LogP contribution >= 0.6 is 15.9 Å². The van der Waals surface area contributed by atoms with Crippen molar-refractivity contribution in [3.8, 4) is 5.75 Å². The number of ether oxygens (including phenoxy) is 1. The SMILES string of the molecule is CCCNC(C)c1cc(Br)ccc1OCc1ncccn1. The highest BCUT2D eigenvalue weighted by molar-refractivity contribution is 9.10. The van der Waals surface area contributed by atoms with Crippen molar-refractivity contribution >= 4 is 15.9 Å². The topological polar surface area (TPSA) is 47.0 Å². The highest BCUT2D eigenvalue weighted by Gasteiger charge is 2.12. The van der Waals surface area contributed by atoms with E-state index >= 15 is 0 Å². The Kier molecular flexibility index (Phi) is 6.14. The van der Waals surface area contributed by atoms with E-state index in [0.29, 0.717) is 12.4 Å². The highest BCUT2D eigenvalue weighted by Crippen LogP contribution is 2.29. The van der Waals surface area contributed by atoms with Crippen LogP contribution in [0.3, 0.4) is 0 Å². The van der Waals surface area contributed by atoms with Gasteiger partial charge in [0.1, 0.15) is 12.4 Å². The lowest BCUT2D eigenvalue weighted by atomic mass is 10.1. The van der Waals surface area contributed by atoms with Crippen LogP contribution in [0.1, 0.15) is 37.7 Å². The molecule has 1 aromatic heterocycles. The zero-order valence-corrected chi connectivity index (χ0v) is 13.9. The molecule has 1 unspecified atom stereocenters. The van der Waals surface area contributed by atoms with E-state index in [1.165, 1.54) is 0 Å². The van der Waals surface area contributed by atoms with Gasteiger partial charge in [-0.3, -0.25) is 0 Å². The Labute approximate surface area is 134 Å². The first-order valence-electron chi connectivity index (χ1n) is 7.12. The molecule has 0 fully saturated rings. The molecular formula is C16H20BrN3O. The van der Waals surface area contributed by atoms with E-state index in [1.807, 2.05) is 12.1 Å². The number of nitrogens with one attached hydrogen (secondary N) is 1. The average Bonchev–Trinajstić information content (AvgIpc) is 2.52. The third-order valence-electron chi connectivity index (χ3n) is 3.11. The zero-order chi connectivity index (χ0) is 15.1. The van der Waals surface area contributed by atoms with Gasteiger partial charge in [0, 0.05) is 28.5 Å². The van der Waals surface area contributed by atoms with Crippen LogP contribution in [0.25, 0.3) is 0 Å². The fourth-order valence-corrected chi connectivity index (χ4v) is 2.39. The number of hydrogen-bond acceptors (Lipinski definition) is 4. The summed E-state index contributed by atoms with van der Waals surface area (Å²) in [6.45, 7) is 5.65. The molecule has 0 saturated heterocycles. The van der Waals surface area contributed by atoms with Gasteiger partial charge in [-0.25, -0.2) is 9.97 Å². The molecule has 0 aliphatic rings. The van der Waals surface area contributed by atoms with Crippen molar-refractivity contribution < 1.29 is 4.74 Å². The van der Waals surface area contributed by atoms with Crippen LogP contribution in [0.2, 0.25) is 0 Å². The first-order chi connectivity index (χ1) is 10.2. The van der Waals surface area contributed by atoms with Gasteiger partial charge in [-0.05, 0) is 44.2 Å². The monoisotopic (exact) mass is 349 g/mol. The standard InChI is InChI=1S/C16H20BrN3O/c1-3-7-18-12(2)14-10-13(17)5-6-15(14)21-11-16-19-8-4-9-20-16/h4-6,8-10,12,18H,3,7,11H2,1-2H3. The molecule has 4 nitrogen and oxygen atoms in total. The van der Waals surface area contributed by atoms with Gasteiger partial charge in [0.2, 0.25) is 0 Å². The third kappa shape index (κ3) is 4.79. The minimum atomic E-state index is 0.231. The molecule has 0 bridgehead atoms. The zero-order valence-electron chi connectivity index (χ0n) is 12.3. The van der Waals surface area contributed by atoms with Crippen LogP contribution in [0.4, 0.5) is 0 Å². The van der Waals surface area contributed by atoms with Crippen molar-refractivity contribution in [1.82, 2.24) is 15.3 Å². The Morgan fingerprint density at radius 3 is 2.76 bits per heavy atom. The van der Waals surface area contributed by atoms with Crippen LogP contribution in [0.15, 0.2) is 41.1 Å². The Morgan fingerprint density at radius 2 is 2.05 bits per heavy atom. The summed E-state index contributed by atoms with van der Waals surface area (Å²) in [6, 6.07) is 8.08. The molecule has 1 heterocycles. The van der Waals surface area contributed by atoms with E-state index in [9.17, 15) is 0 Å². The summed E-state index contributed by atoms with van der Waals surface area (Å²) in [7, 11) is 0. The molecule has 0 spiro atoms.